The van der Waals surface area contributed by atoms with Gasteiger partial charge in [0.05, 0.1) is 0 Å². The molecule has 0 aliphatic carbocycles. The Kier molecular flexibility index (Phi) is 9.52. The van der Waals surface area contributed by atoms with Crippen LogP contribution >= 0.6 is 0 Å². The Morgan fingerprint density at radius 3 is 2.31 bits per heavy atom. The summed E-state index contributed by atoms with van der Waals surface area (Å²) >= 11 is 0. The summed E-state index contributed by atoms with van der Waals surface area (Å²) in [5, 5.41) is 12.0. The molecule has 1 atom stereocenters. The summed E-state index contributed by atoms with van der Waals surface area (Å²) in [6.45, 7) is 2.18. The third kappa shape index (κ3) is 8.12. The topological polar surface area (TPSA) is 86.1 Å². The van der Waals surface area contributed by atoms with Gasteiger partial charge in [-0.15, -0.1) is 0 Å². The summed E-state index contributed by atoms with van der Waals surface area (Å²) in [5.74, 6) is -1.02. The summed E-state index contributed by atoms with van der Waals surface area (Å²) in [6.07, 6.45) is 8.42. The van der Waals surface area contributed by atoms with E-state index in [-0.39, 0.29) is 0 Å². The maximum atomic E-state index is 10.6. The number of carbonyl (C=O) groups is 1. The first kappa shape index (κ1) is 14.8. The third-order valence-corrected chi connectivity index (χ3v) is 2.56. The van der Waals surface area contributed by atoms with Crippen LogP contribution in [0, 0.1) is 0 Å². The van der Waals surface area contributed by atoms with Crippen molar-refractivity contribution in [3.63, 3.8) is 0 Å². The van der Waals surface area contributed by atoms with E-state index >= 15 is 0 Å². The molecule has 0 rings (SSSR count). The second-order valence-electron chi connectivity index (χ2n) is 3.97. The Bertz CT molecular complexity index is 235. The molecule has 0 saturated carbocycles. The van der Waals surface area contributed by atoms with E-state index in [1.807, 2.05) is 0 Å². The average Bonchev–Trinajstić information content (AvgIpc) is 2.26. The van der Waals surface area contributed by atoms with Gasteiger partial charge in [0.15, 0.2) is 0 Å². The van der Waals surface area contributed by atoms with E-state index in [9.17, 15) is 4.79 Å². The molecule has 0 saturated heterocycles. The monoisotopic (exact) mass is 227 g/mol. The molecule has 5 heteroatoms. The molecule has 0 aliphatic rings. The predicted octanol–water partition coefficient (Wildman–Crippen LogP) is 3.89. The molecule has 92 valence electrons. The number of azide groups is 1. The molecule has 0 fully saturated rings. The van der Waals surface area contributed by atoms with E-state index in [0.717, 1.165) is 19.3 Å². The Morgan fingerprint density at radius 2 is 1.81 bits per heavy atom. The lowest BCUT2D eigenvalue weighted by Crippen LogP contribution is -2.16. The Labute approximate surface area is 96.5 Å². The van der Waals surface area contributed by atoms with Crippen LogP contribution in [0.5, 0.6) is 0 Å². The van der Waals surface area contributed by atoms with E-state index in [1.54, 1.807) is 0 Å². The van der Waals surface area contributed by atoms with E-state index < -0.39 is 12.0 Å². The molecule has 0 spiro atoms. The van der Waals surface area contributed by atoms with Crippen molar-refractivity contribution in [3.8, 4) is 0 Å². The summed E-state index contributed by atoms with van der Waals surface area (Å²) in [7, 11) is 0. The molecule has 5 nitrogen and oxygen atoms in total. The van der Waals surface area contributed by atoms with Crippen LogP contribution in [0.3, 0.4) is 0 Å². The van der Waals surface area contributed by atoms with Gasteiger partial charge in [-0.1, -0.05) is 57.0 Å². The van der Waals surface area contributed by atoms with Crippen molar-refractivity contribution in [2.24, 2.45) is 5.11 Å². The SMILES string of the molecule is CCCCCCCCCC(N=[N+]=[N-])C(=O)O. The summed E-state index contributed by atoms with van der Waals surface area (Å²) in [5.41, 5.74) is 8.18. The minimum Gasteiger partial charge on any atom is -0.481 e. The van der Waals surface area contributed by atoms with Gasteiger partial charge in [0, 0.05) is 4.91 Å². The highest BCUT2D eigenvalue weighted by molar-refractivity contribution is 5.73. The standard InChI is InChI=1S/C11H21N3O2/c1-2-3-4-5-6-7-8-9-10(11(15)16)13-14-12/h10H,2-9H2,1H3,(H,15,16). The van der Waals surface area contributed by atoms with Crippen LogP contribution in [0.25, 0.3) is 10.4 Å². The normalized spacial score (nSPS) is 11.8. The maximum Gasteiger partial charge on any atom is 0.312 e. The molecule has 0 aliphatic heterocycles. The number of carboxylic acids is 1. The number of unbranched alkanes of at least 4 members (excludes halogenated alkanes) is 6. The lowest BCUT2D eigenvalue weighted by Gasteiger charge is -2.05. The van der Waals surface area contributed by atoms with Gasteiger partial charge in [-0.25, -0.2) is 0 Å². The molecule has 0 aromatic carbocycles. The van der Waals surface area contributed by atoms with Crippen LogP contribution in [0.15, 0.2) is 5.11 Å². The number of aliphatic carboxylic acids is 1. The Balaban J connectivity index is 3.48. The zero-order valence-corrected chi connectivity index (χ0v) is 9.93. The molecule has 1 N–H and O–H groups in total. The highest BCUT2D eigenvalue weighted by Gasteiger charge is 2.13. The summed E-state index contributed by atoms with van der Waals surface area (Å²) < 4.78 is 0. The first-order valence-electron chi connectivity index (χ1n) is 5.99. The lowest BCUT2D eigenvalue weighted by molar-refractivity contribution is -0.138. The Hall–Kier alpha value is -1.22. The van der Waals surface area contributed by atoms with Crippen molar-refractivity contribution in [3.05, 3.63) is 10.4 Å². The molecule has 0 radical (unpaired) electrons. The van der Waals surface area contributed by atoms with E-state index in [4.69, 9.17) is 10.6 Å². The van der Waals surface area contributed by atoms with Gasteiger partial charge in [-0.2, -0.15) is 0 Å². The van der Waals surface area contributed by atoms with Crippen LogP contribution < -0.4 is 0 Å². The fourth-order valence-electron chi connectivity index (χ4n) is 1.59. The molecular weight excluding hydrogens is 206 g/mol. The van der Waals surface area contributed by atoms with Crippen molar-refractivity contribution >= 4 is 5.97 Å². The number of carboxylic acid groups (broad SMARTS) is 1. The highest BCUT2D eigenvalue weighted by Crippen LogP contribution is 2.11. The minimum absolute atomic E-state index is 0.452. The third-order valence-electron chi connectivity index (χ3n) is 2.56. The van der Waals surface area contributed by atoms with E-state index in [2.05, 4.69) is 16.9 Å². The molecule has 0 bridgehead atoms. The molecule has 16 heavy (non-hydrogen) atoms. The van der Waals surface area contributed by atoms with Crippen LogP contribution in [0.4, 0.5) is 0 Å². The van der Waals surface area contributed by atoms with Gasteiger partial charge >= 0.3 is 5.97 Å². The quantitative estimate of drug-likeness (QED) is 0.265. The lowest BCUT2D eigenvalue weighted by atomic mass is 10.1. The van der Waals surface area contributed by atoms with Gasteiger partial charge < -0.3 is 5.11 Å². The number of hydrogen-bond acceptors (Lipinski definition) is 2. The predicted molar refractivity (Wildman–Crippen MR) is 63.2 cm³/mol. The number of rotatable bonds is 10. The van der Waals surface area contributed by atoms with Gasteiger partial charge in [0.1, 0.15) is 6.04 Å². The average molecular weight is 227 g/mol. The highest BCUT2D eigenvalue weighted by atomic mass is 16.4. The second kappa shape index (κ2) is 10.3. The van der Waals surface area contributed by atoms with Crippen molar-refractivity contribution in [1.29, 1.82) is 0 Å². The Morgan fingerprint density at radius 1 is 1.25 bits per heavy atom. The van der Waals surface area contributed by atoms with Crippen LogP contribution in [0.2, 0.25) is 0 Å². The van der Waals surface area contributed by atoms with Gasteiger partial charge in [-0.3, -0.25) is 4.79 Å². The fourth-order valence-corrected chi connectivity index (χ4v) is 1.59. The van der Waals surface area contributed by atoms with Crippen LogP contribution in [-0.2, 0) is 4.79 Å². The maximum absolute atomic E-state index is 10.6. The molecule has 0 aromatic rings. The molecule has 1 unspecified atom stereocenters. The zero-order chi connectivity index (χ0) is 12.2. The van der Waals surface area contributed by atoms with E-state index in [1.165, 1.54) is 25.7 Å². The number of hydrogen-bond donors (Lipinski definition) is 1. The van der Waals surface area contributed by atoms with Crippen molar-refractivity contribution in [2.45, 2.75) is 64.3 Å². The molecular formula is C11H21N3O2. The second-order valence-corrected chi connectivity index (χ2v) is 3.97. The number of nitrogens with zero attached hydrogens (tertiary/aromatic N) is 3. The van der Waals surface area contributed by atoms with Crippen LogP contribution in [0.1, 0.15) is 58.3 Å². The molecule has 0 amide bonds. The first-order chi connectivity index (χ1) is 7.72. The fraction of sp³-hybridized carbons (Fsp3) is 0.909. The molecule has 0 heterocycles. The summed E-state index contributed by atoms with van der Waals surface area (Å²) in [4.78, 5) is 13.2. The van der Waals surface area contributed by atoms with Crippen LogP contribution in [-0.4, -0.2) is 17.1 Å². The van der Waals surface area contributed by atoms with Gasteiger partial charge in [-0.05, 0) is 12.0 Å². The van der Waals surface area contributed by atoms with Crippen molar-refractivity contribution < 1.29 is 9.90 Å². The smallest absolute Gasteiger partial charge is 0.312 e. The first-order valence-corrected chi connectivity index (χ1v) is 5.99. The van der Waals surface area contributed by atoms with Crippen molar-refractivity contribution in [1.82, 2.24) is 0 Å². The largest absolute Gasteiger partial charge is 0.481 e. The molecule has 0 aromatic heterocycles. The van der Waals surface area contributed by atoms with E-state index in [0.29, 0.717) is 6.42 Å². The van der Waals surface area contributed by atoms with Gasteiger partial charge in [0.2, 0.25) is 0 Å². The van der Waals surface area contributed by atoms with Crippen molar-refractivity contribution in [2.75, 3.05) is 0 Å². The summed E-state index contributed by atoms with van der Waals surface area (Å²) in [6, 6.07) is -0.888. The van der Waals surface area contributed by atoms with Gasteiger partial charge in [0.25, 0.3) is 0 Å². The minimum atomic E-state index is -1.02. The zero-order valence-electron chi connectivity index (χ0n) is 9.93.